The first kappa shape index (κ1) is 22.6. The number of aromatic nitrogens is 2. The number of benzene rings is 3. The van der Waals surface area contributed by atoms with Crippen molar-refractivity contribution in [3.63, 3.8) is 0 Å². The molecule has 1 aromatic heterocycles. The van der Waals surface area contributed by atoms with Crippen LogP contribution in [-0.4, -0.2) is 22.1 Å². The molecule has 0 spiro atoms. The van der Waals surface area contributed by atoms with Gasteiger partial charge in [-0.05, 0) is 81.6 Å². The van der Waals surface area contributed by atoms with Crippen LogP contribution < -0.4 is 10.1 Å². The third-order valence-corrected chi connectivity index (χ3v) is 5.97. The summed E-state index contributed by atoms with van der Waals surface area (Å²) in [4.78, 5) is 17.7. The molecule has 5 nitrogen and oxygen atoms in total. The molecule has 4 rings (SSSR count). The van der Waals surface area contributed by atoms with Gasteiger partial charge >= 0.3 is 0 Å². The molecule has 3 aromatic carbocycles. The Morgan fingerprint density at radius 2 is 1.82 bits per heavy atom. The summed E-state index contributed by atoms with van der Waals surface area (Å²) < 4.78 is 8.18. The summed E-state index contributed by atoms with van der Waals surface area (Å²) in [7, 11) is 0. The number of fused-ring (bicyclic) bond motifs is 1. The Morgan fingerprint density at radius 3 is 2.61 bits per heavy atom. The van der Waals surface area contributed by atoms with E-state index < -0.39 is 0 Å². The van der Waals surface area contributed by atoms with Gasteiger partial charge in [0.15, 0.2) is 0 Å². The molecule has 1 unspecified atom stereocenters. The average molecular weight is 442 g/mol. The number of aryl methyl sites for hydroxylation is 4. The zero-order valence-corrected chi connectivity index (χ0v) is 19.8. The summed E-state index contributed by atoms with van der Waals surface area (Å²) in [6.07, 6.45) is 0.832. The Morgan fingerprint density at radius 1 is 1.00 bits per heavy atom. The highest BCUT2D eigenvalue weighted by molar-refractivity contribution is 5.94. The summed E-state index contributed by atoms with van der Waals surface area (Å²) in [5, 5.41) is 3.12. The van der Waals surface area contributed by atoms with E-state index in [1.807, 2.05) is 62.4 Å². The fourth-order valence-electron chi connectivity index (χ4n) is 4.01. The highest BCUT2D eigenvalue weighted by Crippen LogP contribution is 2.22. The van der Waals surface area contributed by atoms with Crippen molar-refractivity contribution in [1.82, 2.24) is 14.9 Å². The molecular weight excluding hydrogens is 410 g/mol. The quantitative estimate of drug-likeness (QED) is 0.345. The van der Waals surface area contributed by atoms with Crippen LogP contribution >= 0.6 is 0 Å². The molecule has 4 aromatic rings. The maximum atomic E-state index is 12.8. The number of nitrogens with zero attached hydrogens (tertiary/aromatic N) is 2. The van der Waals surface area contributed by atoms with Crippen molar-refractivity contribution in [1.29, 1.82) is 0 Å². The number of para-hydroxylation sites is 2. The van der Waals surface area contributed by atoms with Crippen molar-refractivity contribution in [3.8, 4) is 5.75 Å². The number of amides is 1. The zero-order chi connectivity index (χ0) is 23.4. The Bertz CT molecular complexity index is 1280. The monoisotopic (exact) mass is 441 g/mol. The van der Waals surface area contributed by atoms with E-state index in [-0.39, 0.29) is 11.9 Å². The molecule has 0 saturated carbocycles. The Hall–Kier alpha value is -3.60. The molecule has 0 aliphatic heterocycles. The van der Waals surface area contributed by atoms with Crippen molar-refractivity contribution in [2.45, 2.75) is 46.7 Å². The van der Waals surface area contributed by atoms with Crippen LogP contribution in [0.1, 0.15) is 52.3 Å². The van der Waals surface area contributed by atoms with E-state index in [9.17, 15) is 4.79 Å². The lowest BCUT2D eigenvalue weighted by atomic mass is 10.1. The molecule has 5 heteroatoms. The molecular formula is C28H31N3O2. The second kappa shape index (κ2) is 9.90. The van der Waals surface area contributed by atoms with Crippen LogP contribution in [0.25, 0.3) is 11.0 Å². The molecule has 0 saturated heterocycles. The maximum Gasteiger partial charge on any atom is 0.251 e. The third-order valence-electron chi connectivity index (χ3n) is 5.97. The van der Waals surface area contributed by atoms with E-state index in [1.54, 1.807) is 0 Å². The summed E-state index contributed by atoms with van der Waals surface area (Å²) >= 11 is 0. The summed E-state index contributed by atoms with van der Waals surface area (Å²) in [6, 6.07) is 21.7. The van der Waals surface area contributed by atoms with E-state index in [1.165, 1.54) is 11.1 Å². The predicted octanol–water partition coefficient (Wildman–Crippen LogP) is 5.92. The van der Waals surface area contributed by atoms with Crippen molar-refractivity contribution < 1.29 is 9.53 Å². The average Bonchev–Trinajstić information content (AvgIpc) is 3.18. The minimum Gasteiger partial charge on any atom is -0.494 e. The molecule has 33 heavy (non-hydrogen) atoms. The van der Waals surface area contributed by atoms with Crippen LogP contribution in [0.15, 0.2) is 66.7 Å². The van der Waals surface area contributed by atoms with Crippen LogP contribution in [0, 0.1) is 20.8 Å². The molecule has 170 valence electrons. The first-order valence-corrected chi connectivity index (χ1v) is 11.4. The van der Waals surface area contributed by atoms with E-state index in [0.29, 0.717) is 12.2 Å². The summed E-state index contributed by atoms with van der Waals surface area (Å²) in [5.74, 6) is 1.65. The van der Waals surface area contributed by atoms with Gasteiger partial charge < -0.3 is 14.6 Å². The van der Waals surface area contributed by atoms with Crippen LogP contribution in [0.2, 0.25) is 0 Å². The molecule has 1 atom stereocenters. The molecule has 0 bridgehead atoms. The fourth-order valence-corrected chi connectivity index (χ4v) is 4.01. The summed E-state index contributed by atoms with van der Waals surface area (Å²) in [5.41, 5.74) is 6.21. The highest BCUT2D eigenvalue weighted by atomic mass is 16.5. The molecule has 0 aliphatic rings. The van der Waals surface area contributed by atoms with Crippen LogP contribution in [0.5, 0.6) is 5.75 Å². The largest absolute Gasteiger partial charge is 0.494 e. The molecule has 0 radical (unpaired) electrons. The number of nitrogens with one attached hydrogen (secondary N) is 1. The van der Waals surface area contributed by atoms with E-state index in [4.69, 9.17) is 9.72 Å². The number of hydrogen-bond acceptors (Lipinski definition) is 3. The van der Waals surface area contributed by atoms with Gasteiger partial charge in [0, 0.05) is 12.1 Å². The zero-order valence-electron chi connectivity index (χ0n) is 19.8. The van der Waals surface area contributed by atoms with Gasteiger partial charge in [-0.1, -0.05) is 35.9 Å². The SMILES string of the molecule is Cc1cccc(C(=O)NC(C)c2nc3ccccc3n2CCCOc2ccc(C)c(C)c2)c1. The van der Waals surface area contributed by atoms with Gasteiger partial charge in [0.2, 0.25) is 0 Å². The smallest absolute Gasteiger partial charge is 0.251 e. The Labute approximate surface area is 195 Å². The minimum absolute atomic E-state index is 0.0946. The van der Waals surface area contributed by atoms with Gasteiger partial charge in [0.05, 0.1) is 23.7 Å². The van der Waals surface area contributed by atoms with Crippen LogP contribution in [-0.2, 0) is 6.54 Å². The standard InChI is InChI=1S/C28H31N3O2/c1-19-9-7-10-23(17-19)28(32)29-22(4)27-30-25-11-5-6-12-26(25)31(27)15-8-16-33-24-14-13-20(2)21(3)18-24/h5-7,9-14,17-18,22H,8,15-16H2,1-4H3,(H,29,32). The molecule has 1 heterocycles. The number of rotatable bonds is 8. The number of imidazole rings is 1. The second-order valence-corrected chi connectivity index (χ2v) is 8.62. The number of carbonyl (C=O) groups is 1. The lowest BCUT2D eigenvalue weighted by molar-refractivity contribution is 0.0937. The topological polar surface area (TPSA) is 56.2 Å². The number of hydrogen-bond donors (Lipinski definition) is 1. The Kier molecular flexibility index (Phi) is 6.78. The van der Waals surface area contributed by atoms with Crippen LogP contribution in [0.3, 0.4) is 0 Å². The van der Waals surface area contributed by atoms with Gasteiger partial charge in [-0.25, -0.2) is 4.98 Å². The minimum atomic E-state index is -0.230. The van der Waals surface area contributed by atoms with E-state index in [2.05, 4.69) is 41.9 Å². The lowest BCUT2D eigenvalue weighted by Crippen LogP contribution is -2.29. The maximum absolute atomic E-state index is 12.8. The van der Waals surface area contributed by atoms with Crippen molar-refractivity contribution >= 4 is 16.9 Å². The van der Waals surface area contributed by atoms with Crippen molar-refractivity contribution in [2.24, 2.45) is 0 Å². The van der Waals surface area contributed by atoms with Gasteiger partial charge in [0.25, 0.3) is 5.91 Å². The van der Waals surface area contributed by atoms with Crippen molar-refractivity contribution in [2.75, 3.05) is 6.61 Å². The third kappa shape index (κ3) is 5.25. The fraction of sp³-hybridized carbons (Fsp3) is 0.286. The van der Waals surface area contributed by atoms with Gasteiger partial charge in [-0.2, -0.15) is 0 Å². The molecule has 0 fully saturated rings. The normalized spacial score (nSPS) is 12.0. The molecule has 1 N–H and O–H groups in total. The first-order chi connectivity index (χ1) is 15.9. The summed E-state index contributed by atoms with van der Waals surface area (Å²) in [6.45, 7) is 9.53. The van der Waals surface area contributed by atoms with Gasteiger partial charge in [-0.15, -0.1) is 0 Å². The van der Waals surface area contributed by atoms with E-state index in [0.717, 1.165) is 41.1 Å². The van der Waals surface area contributed by atoms with Gasteiger partial charge in [-0.3, -0.25) is 4.79 Å². The van der Waals surface area contributed by atoms with Crippen molar-refractivity contribution in [3.05, 3.63) is 94.8 Å². The van der Waals surface area contributed by atoms with E-state index >= 15 is 0 Å². The number of ether oxygens (including phenoxy) is 1. The molecule has 1 amide bonds. The predicted molar refractivity (Wildman–Crippen MR) is 133 cm³/mol. The first-order valence-electron chi connectivity index (χ1n) is 11.4. The number of carbonyl (C=O) groups excluding carboxylic acids is 1. The van der Waals surface area contributed by atoms with Gasteiger partial charge in [0.1, 0.15) is 11.6 Å². The highest BCUT2D eigenvalue weighted by Gasteiger charge is 2.19. The molecule has 0 aliphatic carbocycles. The van der Waals surface area contributed by atoms with Crippen LogP contribution in [0.4, 0.5) is 0 Å². The Balaban J connectivity index is 1.47. The lowest BCUT2D eigenvalue weighted by Gasteiger charge is -2.17. The second-order valence-electron chi connectivity index (χ2n) is 8.62.